The van der Waals surface area contributed by atoms with Gasteiger partial charge in [-0.15, -0.1) is 0 Å². The van der Waals surface area contributed by atoms with Gasteiger partial charge in [0.1, 0.15) is 11.5 Å². The third-order valence-electron chi connectivity index (χ3n) is 3.58. The van der Waals surface area contributed by atoms with Gasteiger partial charge in [-0.3, -0.25) is 0 Å². The van der Waals surface area contributed by atoms with Gasteiger partial charge in [-0.1, -0.05) is 51.0 Å². The molecule has 2 aromatic carbocycles. The highest BCUT2D eigenvalue weighted by Crippen LogP contribution is 2.36. The summed E-state index contributed by atoms with van der Waals surface area (Å²) >= 11 is 0. The first kappa shape index (κ1) is 14.4. The first-order chi connectivity index (χ1) is 9.67. The zero-order chi connectivity index (χ0) is 14.5. The van der Waals surface area contributed by atoms with Crippen molar-refractivity contribution in [3.05, 3.63) is 47.5 Å². The van der Waals surface area contributed by atoms with Gasteiger partial charge in [0.15, 0.2) is 0 Å². The molecule has 2 aromatic rings. The van der Waals surface area contributed by atoms with Crippen LogP contribution in [0.2, 0.25) is 0 Å². The normalized spacial score (nSPS) is 10.7. The van der Waals surface area contributed by atoms with Crippen LogP contribution in [-0.4, -0.2) is 10.2 Å². The number of aryl methyl sites for hydroxylation is 1. The topological polar surface area (TPSA) is 40.5 Å². The lowest BCUT2D eigenvalue weighted by atomic mass is 9.93. The number of phenolic OH excluding ortho intramolecular Hbond substituents is 2. The highest BCUT2D eigenvalue weighted by Gasteiger charge is 2.13. The van der Waals surface area contributed by atoms with E-state index in [9.17, 15) is 10.2 Å². The second-order valence-corrected chi connectivity index (χ2v) is 5.15. The van der Waals surface area contributed by atoms with Crippen molar-refractivity contribution in [2.24, 2.45) is 0 Å². The van der Waals surface area contributed by atoms with Crippen molar-refractivity contribution in [2.75, 3.05) is 0 Å². The van der Waals surface area contributed by atoms with Gasteiger partial charge in [-0.05, 0) is 41.7 Å². The van der Waals surface area contributed by atoms with Crippen LogP contribution in [0.15, 0.2) is 36.4 Å². The van der Waals surface area contributed by atoms with Crippen molar-refractivity contribution in [3.63, 3.8) is 0 Å². The van der Waals surface area contributed by atoms with Crippen molar-refractivity contribution in [1.29, 1.82) is 0 Å². The number of hydrogen-bond acceptors (Lipinski definition) is 2. The number of phenols is 2. The molecule has 2 heteroatoms. The highest BCUT2D eigenvalue weighted by molar-refractivity contribution is 5.73. The molecule has 0 heterocycles. The van der Waals surface area contributed by atoms with E-state index in [4.69, 9.17) is 0 Å². The van der Waals surface area contributed by atoms with Crippen LogP contribution in [0.5, 0.6) is 11.5 Å². The maximum Gasteiger partial charge on any atom is 0.126 e. The van der Waals surface area contributed by atoms with Crippen molar-refractivity contribution in [2.45, 2.75) is 39.5 Å². The minimum absolute atomic E-state index is 0.240. The van der Waals surface area contributed by atoms with Crippen LogP contribution in [0.3, 0.4) is 0 Å². The second kappa shape index (κ2) is 6.47. The first-order valence-electron chi connectivity index (χ1n) is 7.30. The SMILES string of the molecule is CCCc1ccc(-c2ccc(O)cc2)c(O)c1CCC. The summed E-state index contributed by atoms with van der Waals surface area (Å²) in [7, 11) is 0. The maximum absolute atomic E-state index is 10.6. The summed E-state index contributed by atoms with van der Waals surface area (Å²) < 4.78 is 0. The summed E-state index contributed by atoms with van der Waals surface area (Å²) in [6.45, 7) is 4.28. The minimum atomic E-state index is 0.240. The van der Waals surface area contributed by atoms with E-state index in [1.54, 1.807) is 12.1 Å². The third kappa shape index (κ3) is 2.96. The van der Waals surface area contributed by atoms with Crippen LogP contribution in [0.1, 0.15) is 37.8 Å². The van der Waals surface area contributed by atoms with Gasteiger partial charge < -0.3 is 10.2 Å². The van der Waals surface area contributed by atoms with Crippen LogP contribution in [0.25, 0.3) is 11.1 Å². The Morgan fingerprint density at radius 2 is 1.45 bits per heavy atom. The molecule has 0 aliphatic rings. The molecule has 0 spiro atoms. The summed E-state index contributed by atoms with van der Waals surface area (Å²) in [5.41, 5.74) is 4.09. The van der Waals surface area contributed by atoms with Gasteiger partial charge in [0.25, 0.3) is 0 Å². The Morgan fingerprint density at radius 1 is 0.800 bits per heavy atom. The van der Waals surface area contributed by atoms with E-state index < -0.39 is 0 Å². The maximum atomic E-state index is 10.6. The van der Waals surface area contributed by atoms with Crippen molar-refractivity contribution in [3.8, 4) is 22.6 Å². The summed E-state index contributed by atoms with van der Waals surface area (Å²) in [5, 5.41) is 20.0. The molecule has 0 aliphatic carbocycles. The average molecular weight is 270 g/mol. The lowest BCUT2D eigenvalue weighted by Crippen LogP contribution is -1.96. The highest BCUT2D eigenvalue weighted by atomic mass is 16.3. The monoisotopic (exact) mass is 270 g/mol. The van der Waals surface area contributed by atoms with E-state index in [0.29, 0.717) is 5.75 Å². The van der Waals surface area contributed by atoms with E-state index >= 15 is 0 Å². The van der Waals surface area contributed by atoms with Crippen LogP contribution in [0.4, 0.5) is 0 Å². The Hall–Kier alpha value is -1.96. The van der Waals surface area contributed by atoms with E-state index in [1.807, 2.05) is 18.2 Å². The van der Waals surface area contributed by atoms with Crippen molar-refractivity contribution < 1.29 is 10.2 Å². The fourth-order valence-corrected chi connectivity index (χ4v) is 2.58. The molecule has 106 valence electrons. The van der Waals surface area contributed by atoms with E-state index in [0.717, 1.165) is 42.4 Å². The van der Waals surface area contributed by atoms with Crippen LogP contribution in [0, 0.1) is 0 Å². The van der Waals surface area contributed by atoms with Gasteiger partial charge in [-0.2, -0.15) is 0 Å². The largest absolute Gasteiger partial charge is 0.508 e. The molecule has 0 atom stereocenters. The molecule has 0 fully saturated rings. The molecule has 0 saturated carbocycles. The molecule has 20 heavy (non-hydrogen) atoms. The molecule has 0 radical (unpaired) electrons. The summed E-state index contributed by atoms with van der Waals surface area (Å²) in [5.74, 6) is 0.633. The van der Waals surface area contributed by atoms with Gasteiger partial charge >= 0.3 is 0 Å². The van der Waals surface area contributed by atoms with Crippen molar-refractivity contribution >= 4 is 0 Å². The Bertz CT molecular complexity index is 571. The van der Waals surface area contributed by atoms with E-state index in [1.165, 1.54) is 5.56 Å². The second-order valence-electron chi connectivity index (χ2n) is 5.15. The molecule has 0 aromatic heterocycles. The fraction of sp³-hybridized carbons (Fsp3) is 0.333. The smallest absolute Gasteiger partial charge is 0.126 e. The van der Waals surface area contributed by atoms with Gasteiger partial charge in [0.2, 0.25) is 0 Å². The number of rotatable bonds is 5. The molecular weight excluding hydrogens is 248 g/mol. The Labute approximate surface area is 120 Å². The zero-order valence-electron chi connectivity index (χ0n) is 12.2. The fourth-order valence-electron chi connectivity index (χ4n) is 2.58. The molecule has 2 nitrogen and oxygen atoms in total. The molecular formula is C18H22O2. The van der Waals surface area contributed by atoms with E-state index in [-0.39, 0.29) is 5.75 Å². The summed E-state index contributed by atoms with van der Waals surface area (Å²) in [6.07, 6.45) is 3.99. The molecule has 0 aliphatic heterocycles. The molecule has 0 bridgehead atoms. The predicted octanol–water partition coefficient (Wildman–Crippen LogP) is 4.67. The molecule has 2 rings (SSSR count). The van der Waals surface area contributed by atoms with Crippen LogP contribution < -0.4 is 0 Å². The lowest BCUT2D eigenvalue weighted by Gasteiger charge is -2.14. The van der Waals surface area contributed by atoms with E-state index in [2.05, 4.69) is 19.9 Å². The summed E-state index contributed by atoms with van der Waals surface area (Å²) in [4.78, 5) is 0. The molecule has 0 unspecified atom stereocenters. The Balaban J connectivity index is 2.49. The third-order valence-corrected chi connectivity index (χ3v) is 3.58. The summed E-state index contributed by atoms with van der Waals surface area (Å²) in [6, 6.07) is 11.1. The lowest BCUT2D eigenvalue weighted by molar-refractivity contribution is 0.468. The minimum Gasteiger partial charge on any atom is -0.508 e. The standard InChI is InChI=1S/C18H22O2/c1-3-5-13-9-12-17(18(20)16(13)6-4-2)14-7-10-15(19)11-8-14/h7-12,19-20H,3-6H2,1-2H3. The first-order valence-corrected chi connectivity index (χ1v) is 7.30. The predicted molar refractivity (Wildman–Crippen MR) is 83.2 cm³/mol. The Morgan fingerprint density at radius 3 is 2.05 bits per heavy atom. The Kier molecular flexibility index (Phi) is 4.67. The van der Waals surface area contributed by atoms with Crippen molar-refractivity contribution in [1.82, 2.24) is 0 Å². The zero-order valence-corrected chi connectivity index (χ0v) is 12.2. The van der Waals surface area contributed by atoms with Gasteiger partial charge in [0, 0.05) is 5.56 Å². The van der Waals surface area contributed by atoms with Gasteiger partial charge in [-0.25, -0.2) is 0 Å². The number of aromatic hydroxyl groups is 2. The van der Waals surface area contributed by atoms with Gasteiger partial charge in [0.05, 0.1) is 0 Å². The average Bonchev–Trinajstić information content (AvgIpc) is 2.44. The number of hydrogen-bond donors (Lipinski definition) is 2. The number of benzene rings is 2. The molecule has 0 saturated heterocycles. The van der Waals surface area contributed by atoms with Crippen LogP contribution >= 0.6 is 0 Å². The quantitative estimate of drug-likeness (QED) is 0.828. The molecule has 2 N–H and O–H groups in total. The molecule has 0 amide bonds. The van der Waals surface area contributed by atoms with Crippen LogP contribution in [-0.2, 0) is 12.8 Å².